The first-order chi connectivity index (χ1) is 5.83. The molecule has 0 bridgehead atoms. The summed E-state index contributed by atoms with van der Waals surface area (Å²) in [6, 6.07) is 0. The normalized spacial score (nSPS) is 6.25. The van der Waals surface area contributed by atoms with E-state index in [1.54, 1.807) is 6.20 Å². The number of hydrogen-bond acceptors (Lipinski definition) is 1. The lowest BCUT2D eigenvalue weighted by Gasteiger charge is -1.58. The van der Waals surface area contributed by atoms with Crippen molar-refractivity contribution in [3.8, 4) is 0 Å². The number of allylic oxidation sites excluding steroid dienone is 1. The van der Waals surface area contributed by atoms with Crippen molar-refractivity contribution in [2.45, 2.75) is 54.9 Å². The van der Waals surface area contributed by atoms with E-state index >= 15 is 0 Å². The van der Waals surface area contributed by atoms with Gasteiger partial charge in [0.25, 0.3) is 0 Å². The summed E-state index contributed by atoms with van der Waals surface area (Å²) in [5.41, 5.74) is 0. The maximum absolute atomic E-state index is 3.42. The lowest BCUT2D eigenvalue weighted by Crippen LogP contribution is -1.36. The molecule has 0 heterocycles. The molecule has 0 aromatic heterocycles. The first-order valence-corrected chi connectivity index (χ1v) is 4.90. The second kappa shape index (κ2) is 79.3. The van der Waals surface area contributed by atoms with Crippen LogP contribution in [-0.4, -0.2) is 6.72 Å². The molecule has 0 aromatic carbocycles. The molecule has 0 fully saturated rings. The van der Waals surface area contributed by atoms with E-state index in [-0.39, 0.29) is 0 Å². The summed E-state index contributed by atoms with van der Waals surface area (Å²) >= 11 is 0. The number of rotatable bonds is 1. The van der Waals surface area contributed by atoms with Crippen molar-refractivity contribution >= 4 is 6.72 Å². The Bertz CT molecular complexity index is 56.0. The maximum atomic E-state index is 3.42. The van der Waals surface area contributed by atoms with Gasteiger partial charge in [-0.15, -0.1) is 0 Å². The van der Waals surface area contributed by atoms with Crippen LogP contribution in [0.3, 0.4) is 0 Å². The van der Waals surface area contributed by atoms with Gasteiger partial charge in [-0.2, -0.15) is 0 Å². The summed E-state index contributed by atoms with van der Waals surface area (Å²) < 4.78 is 0. The molecule has 1 nitrogen and oxygen atoms in total. The Balaban J connectivity index is -0.0000000397. The fourth-order valence-electron chi connectivity index (χ4n) is 0.105. The largest absolute Gasteiger partial charge is 0.273 e. The van der Waals surface area contributed by atoms with Crippen LogP contribution < -0.4 is 0 Å². The van der Waals surface area contributed by atoms with Crippen LogP contribution in [0.1, 0.15) is 54.9 Å². The minimum atomic E-state index is 1.25. The van der Waals surface area contributed by atoms with Crippen molar-refractivity contribution in [2.75, 3.05) is 0 Å². The molecule has 12 heavy (non-hydrogen) atoms. The fraction of sp³-hybridized carbons (Fsp3) is 0.727. The Morgan fingerprint density at radius 1 is 1.08 bits per heavy atom. The first kappa shape index (κ1) is 22.5. The number of nitrogens with zero attached hydrogens (tertiary/aromatic N) is 1. The molecule has 76 valence electrons. The van der Waals surface area contributed by atoms with Crippen molar-refractivity contribution in [1.29, 1.82) is 0 Å². The van der Waals surface area contributed by atoms with Gasteiger partial charge in [0, 0.05) is 6.20 Å². The van der Waals surface area contributed by atoms with Crippen LogP contribution in [-0.2, 0) is 0 Å². The Kier molecular flexibility index (Phi) is 149. The molecule has 0 unspecified atom stereocenters. The van der Waals surface area contributed by atoms with Crippen molar-refractivity contribution in [1.82, 2.24) is 0 Å². The van der Waals surface area contributed by atoms with Gasteiger partial charge in [-0.1, -0.05) is 54.0 Å². The van der Waals surface area contributed by atoms with Crippen LogP contribution >= 0.6 is 0 Å². The monoisotopic (exact) mass is 173 g/mol. The average Bonchev–Trinajstić information content (AvgIpc) is 2.14. The van der Waals surface area contributed by atoms with Crippen molar-refractivity contribution < 1.29 is 0 Å². The molecule has 0 amide bonds. The van der Waals surface area contributed by atoms with E-state index in [0.29, 0.717) is 0 Å². The van der Waals surface area contributed by atoms with Crippen LogP contribution in [0.25, 0.3) is 0 Å². The SMILES string of the molecule is C=N/C=C\C.CC.CC.CCC. The molecule has 0 aliphatic heterocycles. The Morgan fingerprint density at radius 2 is 1.33 bits per heavy atom. The summed E-state index contributed by atoms with van der Waals surface area (Å²) in [5.74, 6) is 0. The summed E-state index contributed by atoms with van der Waals surface area (Å²) in [4.78, 5) is 3.42. The van der Waals surface area contributed by atoms with Crippen LogP contribution in [0.15, 0.2) is 17.3 Å². The van der Waals surface area contributed by atoms with Gasteiger partial charge >= 0.3 is 0 Å². The maximum Gasteiger partial charge on any atom is 0.0217 e. The van der Waals surface area contributed by atoms with Crippen LogP contribution in [0.2, 0.25) is 0 Å². The zero-order valence-corrected chi connectivity index (χ0v) is 10.0. The Labute approximate surface area is 79.6 Å². The highest BCUT2D eigenvalue weighted by Crippen LogP contribution is 1.63. The van der Waals surface area contributed by atoms with Gasteiger partial charge in [0.05, 0.1) is 0 Å². The van der Waals surface area contributed by atoms with E-state index in [1.165, 1.54) is 6.42 Å². The third-order valence-corrected chi connectivity index (χ3v) is 0.254. The molecule has 0 aliphatic rings. The van der Waals surface area contributed by atoms with Crippen molar-refractivity contribution in [2.24, 2.45) is 4.99 Å². The highest BCUT2D eigenvalue weighted by Gasteiger charge is 1.41. The third kappa shape index (κ3) is 335. The quantitative estimate of drug-likeness (QED) is 0.510. The third-order valence-electron chi connectivity index (χ3n) is 0.254. The molecule has 0 rings (SSSR count). The minimum absolute atomic E-state index is 1.25. The highest BCUT2D eigenvalue weighted by molar-refractivity contribution is 5.25. The minimum Gasteiger partial charge on any atom is -0.273 e. The summed E-state index contributed by atoms with van der Waals surface area (Å²) in [5, 5.41) is 0. The lowest BCUT2D eigenvalue weighted by molar-refractivity contribution is 1.09. The molecule has 0 saturated heterocycles. The van der Waals surface area contributed by atoms with E-state index < -0.39 is 0 Å². The van der Waals surface area contributed by atoms with Gasteiger partial charge in [-0.05, 0) is 13.6 Å². The molecular weight excluding hydrogens is 146 g/mol. The molecule has 0 radical (unpaired) electrons. The van der Waals surface area contributed by atoms with E-state index in [2.05, 4.69) is 25.6 Å². The smallest absolute Gasteiger partial charge is 0.0217 e. The molecule has 0 atom stereocenters. The second-order valence-corrected chi connectivity index (χ2v) is 1.37. The number of hydrogen-bond donors (Lipinski definition) is 0. The highest BCUT2D eigenvalue weighted by atomic mass is 14.6. The summed E-state index contributed by atoms with van der Waals surface area (Å²) in [6.07, 6.45) is 4.72. The molecule has 0 spiro atoms. The second-order valence-electron chi connectivity index (χ2n) is 1.37. The zero-order chi connectivity index (χ0) is 10.8. The zero-order valence-electron chi connectivity index (χ0n) is 10.0. The van der Waals surface area contributed by atoms with Gasteiger partial charge in [-0.3, -0.25) is 4.99 Å². The van der Waals surface area contributed by atoms with Crippen LogP contribution in [0, 0.1) is 0 Å². The molecule has 0 N–H and O–H groups in total. The summed E-state index contributed by atoms with van der Waals surface area (Å²) in [7, 11) is 0. The Hall–Kier alpha value is -0.590. The van der Waals surface area contributed by atoms with E-state index in [4.69, 9.17) is 0 Å². The molecule has 1 heteroatoms. The van der Waals surface area contributed by atoms with Crippen LogP contribution in [0.5, 0.6) is 0 Å². The Morgan fingerprint density at radius 3 is 1.33 bits per heavy atom. The van der Waals surface area contributed by atoms with E-state index in [9.17, 15) is 0 Å². The van der Waals surface area contributed by atoms with Gasteiger partial charge in [-0.25, -0.2) is 0 Å². The fourth-order valence-corrected chi connectivity index (χ4v) is 0.105. The average molecular weight is 173 g/mol. The molecule has 0 aromatic rings. The molecular formula is C11H27N. The molecule has 0 saturated carbocycles. The summed E-state index contributed by atoms with van der Waals surface area (Å²) in [6.45, 7) is 17.4. The van der Waals surface area contributed by atoms with Crippen molar-refractivity contribution in [3.63, 3.8) is 0 Å². The predicted molar refractivity (Wildman–Crippen MR) is 63.0 cm³/mol. The van der Waals surface area contributed by atoms with Gasteiger partial charge < -0.3 is 0 Å². The van der Waals surface area contributed by atoms with Crippen LogP contribution in [0.4, 0.5) is 0 Å². The van der Waals surface area contributed by atoms with E-state index in [1.807, 2.05) is 40.7 Å². The predicted octanol–water partition coefficient (Wildman–Crippen LogP) is 4.69. The lowest BCUT2D eigenvalue weighted by atomic mass is 10.6. The van der Waals surface area contributed by atoms with Gasteiger partial charge in [0.2, 0.25) is 0 Å². The van der Waals surface area contributed by atoms with Crippen molar-refractivity contribution in [3.05, 3.63) is 12.3 Å². The molecule has 0 aliphatic carbocycles. The topological polar surface area (TPSA) is 12.4 Å². The standard InChI is InChI=1S/C4H7N.C3H8.2C2H6/c1-3-4-5-2;1-3-2;2*1-2/h3-4H,2H2,1H3;3H2,1-2H3;2*1-2H3/b4-3-;;;. The number of aliphatic imine (C=N–C) groups is 1. The van der Waals surface area contributed by atoms with Gasteiger partial charge in [0.1, 0.15) is 0 Å². The van der Waals surface area contributed by atoms with E-state index in [0.717, 1.165) is 0 Å². The van der Waals surface area contributed by atoms with Gasteiger partial charge in [0.15, 0.2) is 0 Å². The first-order valence-electron chi connectivity index (χ1n) is 4.90.